The lowest BCUT2D eigenvalue weighted by atomic mass is 9.60. The molecule has 0 aromatic heterocycles. The van der Waals surface area contributed by atoms with E-state index in [1.54, 1.807) is 6.08 Å². The third-order valence-electron chi connectivity index (χ3n) is 6.46. The average Bonchev–Trinajstić information content (AvgIpc) is 2.94. The summed E-state index contributed by atoms with van der Waals surface area (Å²) < 4.78 is 5.20. The number of hydrogen-bond acceptors (Lipinski definition) is 3. The van der Waals surface area contributed by atoms with Crippen LogP contribution in [0.4, 0.5) is 0 Å². The molecule has 2 saturated carbocycles. The minimum atomic E-state index is -1.31. The van der Waals surface area contributed by atoms with Crippen molar-refractivity contribution < 1.29 is 14.6 Å². The number of ether oxygens (including phenoxy) is 1. The topological polar surface area (TPSA) is 46.5 Å². The number of aliphatic hydroxyl groups is 1. The van der Waals surface area contributed by atoms with Crippen molar-refractivity contribution in [3.05, 3.63) is 23.8 Å². The molecule has 23 heavy (non-hydrogen) atoms. The predicted octanol–water partition coefficient (Wildman–Crippen LogP) is 4.22. The van der Waals surface area contributed by atoms with Crippen LogP contribution in [0.3, 0.4) is 0 Å². The first kappa shape index (κ1) is 16.8. The van der Waals surface area contributed by atoms with Gasteiger partial charge in [-0.2, -0.15) is 0 Å². The zero-order chi connectivity index (χ0) is 16.8. The van der Waals surface area contributed by atoms with Gasteiger partial charge in [-0.25, -0.2) is 4.79 Å². The monoisotopic (exact) mass is 318 g/mol. The van der Waals surface area contributed by atoms with Crippen molar-refractivity contribution in [3.8, 4) is 0 Å². The molecule has 0 spiro atoms. The van der Waals surface area contributed by atoms with E-state index in [2.05, 4.69) is 39.8 Å². The zero-order valence-corrected chi connectivity index (χ0v) is 14.8. The maximum absolute atomic E-state index is 11.7. The van der Waals surface area contributed by atoms with E-state index < -0.39 is 5.79 Å². The lowest BCUT2D eigenvalue weighted by Gasteiger charge is -2.47. The van der Waals surface area contributed by atoms with E-state index in [0.29, 0.717) is 24.2 Å². The Bertz CT molecular complexity index is 547. The molecule has 1 heterocycles. The van der Waals surface area contributed by atoms with Crippen LogP contribution in [0.15, 0.2) is 23.8 Å². The van der Waals surface area contributed by atoms with Gasteiger partial charge in [0, 0.05) is 18.1 Å². The van der Waals surface area contributed by atoms with Crippen LogP contribution in [-0.2, 0) is 9.53 Å². The van der Waals surface area contributed by atoms with Crippen LogP contribution in [0.5, 0.6) is 0 Å². The first-order chi connectivity index (χ1) is 10.8. The van der Waals surface area contributed by atoms with Crippen molar-refractivity contribution in [1.29, 1.82) is 0 Å². The third kappa shape index (κ3) is 2.77. The van der Waals surface area contributed by atoms with Crippen LogP contribution in [0.25, 0.3) is 0 Å². The fourth-order valence-corrected chi connectivity index (χ4v) is 5.20. The van der Waals surface area contributed by atoms with E-state index in [4.69, 9.17) is 4.74 Å². The number of rotatable bonds is 4. The van der Waals surface area contributed by atoms with Crippen LogP contribution < -0.4 is 0 Å². The predicted molar refractivity (Wildman–Crippen MR) is 90.4 cm³/mol. The Labute approximate surface area is 139 Å². The van der Waals surface area contributed by atoms with Gasteiger partial charge in [-0.05, 0) is 54.8 Å². The molecule has 5 atom stereocenters. The molecule has 1 N–H and O–H groups in total. The molecule has 0 unspecified atom stereocenters. The van der Waals surface area contributed by atoms with E-state index in [1.807, 2.05) is 0 Å². The fourth-order valence-electron chi connectivity index (χ4n) is 5.20. The molecule has 0 saturated heterocycles. The van der Waals surface area contributed by atoms with Gasteiger partial charge in [0.15, 0.2) is 0 Å². The second-order valence-electron chi connectivity index (χ2n) is 8.46. The zero-order valence-electron chi connectivity index (χ0n) is 14.8. The highest BCUT2D eigenvalue weighted by Crippen LogP contribution is 2.62. The van der Waals surface area contributed by atoms with Crippen molar-refractivity contribution in [2.45, 2.75) is 65.6 Å². The highest BCUT2D eigenvalue weighted by atomic mass is 16.7. The summed E-state index contributed by atoms with van der Waals surface area (Å²) in [6.07, 6.45) is 11.1. The van der Waals surface area contributed by atoms with Crippen molar-refractivity contribution >= 4 is 5.97 Å². The van der Waals surface area contributed by atoms with Gasteiger partial charge in [-0.3, -0.25) is 0 Å². The largest absolute Gasteiger partial charge is 0.426 e. The molecule has 3 rings (SSSR count). The summed E-state index contributed by atoms with van der Waals surface area (Å²) in [6, 6.07) is 0. The van der Waals surface area contributed by atoms with Crippen molar-refractivity contribution in [2.75, 3.05) is 0 Å². The quantitative estimate of drug-likeness (QED) is 0.623. The van der Waals surface area contributed by atoms with E-state index in [0.717, 1.165) is 31.3 Å². The van der Waals surface area contributed by atoms with Crippen LogP contribution >= 0.6 is 0 Å². The molecule has 128 valence electrons. The van der Waals surface area contributed by atoms with Gasteiger partial charge in [0.2, 0.25) is 5.79 Å². The van der Waals surface area contributed by atoms with E-state index in [-0.39, 0.29) is 17.3 Å². The Morgan fingerprint density at radius 2 is 2.09 bits per heavy atom. The summed E-state index contributed by atoms with van der Waals surface area (Å²) >= 11 is 0. The summed E-state index contributed by atoms with van der Waals surface area (Å²) in [5.74, 6) is 0.429. The summed E-state index contributed by atoms with van der Waals surface area (Å²) in [5.41, 5.74) is 1.00. The minimum Gasteiger partial charge on any atom is -0.426 e. The lowest BCUT2D eigenvalue weighted by molar-refractivity contribution is -0.196. The van der Waals surface area contributed by atoms with Crippen molar-refractivity contribution in [2.24, 2.45) is 29.1 Å². The van der Waals surface area contributed by atoms with Crippen LogP contribution in [0.1, 0.15) is 59.8 Å². The highest BCUT2D eigenvalue weighted by Gasteiger charge is 2.59. The Hall–Kier alpha value is -1.09. The van der Waals surface area contributed by atoms with Crippen LogP contribution in [0.2, 0.25) is 0 Å². The average molecular weight is 318 g/mol. The Morgan fingerprint density at radius 1 is 1.35 bits per heavy atom. The second kappa shape index (κ2) is 5.77. The fraction of sp³-hybridized carbons (Fsp3) is 0.750. The SMILES string of the molecule is CC(C)C/C=C/[C@@H](C)[C@H]1CC[C@H]2C3=CC(=O)O[C@@]3(O)CC[C@]12C. The van der Waals surface area contributed by atoms with Gasteiger partial charge in [-0.15, -0.1) is 0 Å². The van der Waals surface area contributed by atoms with Crippen molar-refractivity contribution in [3.63, 3.8) is 0 Å². The Balaban J connectivity index is 1.79. The summed E-state index contributed by atoms with van der Waals surface area (Å²) in [5, 5.41) is 10.6. The molecule has 0 radical (unpaired) electrons. The molecule has 0 amide bonds. The first-order valence-electron chi connectivity index (χ1n) is 9.10. The maximum atomic E-state index is 11.7. The normalized spacial score (nSPS) is 41.0. The van der Waals surface area contributed by atoms with Gasteiger partial charge < -0.3 is 9.84 Å². The van der Waals surface area contributed by atoms with Gasteiger partial charge in [0.1, 0.15) is 0 Å². The smallest absolute Gasteiger partial charge is 0.333 e. The van der Waals surface area contributed by atoms with E-state index >= 15 is 0 Å². The molecule has 1 aliphatic heterocycles. The highest BCUT2D eigenvalue weighted by molar-refractivity contribution is 5.86. The van der Waals surface area contributed by atoms with Gasteiger partial charge in [0.25, 0.3) is 0 Å². The third-order valence-corrected chi connectivity index (χ3v) is 6.46. The molecule has 3 heteroatoms. The van der Waals surface area contributed by atoms with Crippen molar-refractivity contribution in [1.82, 2.24) is 0 Å². The number of fused-ring (bicyclic) bond motifs is 3. The molecule has 0 aromatic rings. The standard InChI is InChI=1S/C20H30O3/c1-13(2)6-5-7-14(3)15-8-9-16-17-12-18(21)23-20(17,22)11-10-19(15,16)4/h5,7,12-16,22H,6,8-11H2,1-4H3/b7-5+/t14-,15-,16+,19-,20+/m1/s1. The second-order valence-corrected chi connectivity index (χ2v) is 8.46. The molecule has 2 aliphatic carbocycles. The number of hydrogen-bond donors (Lipinski definition) is 1. The molecule has 0 bridgehead atoms. The van der Waals surface area contributed by atoms with Gasteiger partial charge >= 0.3 is 5.97 Å². The summed E-state index contributed by atoms with van der Waals surface area (Å²) in [7, 11) is 0. The van der Waals surface area contributed by atoms with Crippen LogP contribution in [-0.4, -0.2) is 16.9 Å². The summed E-state index contributed by atoms with van der Waals surface area (Å²) in [6.45, 7) is 9.16. The van der Waals surface area contributed by atoms with E-state index in [9.17, 15) is 9.90 Å². The molecule has 3 nitrogen and oxygen atoms in total. The maximum Gasteiger partial charge on any atom is 0.333 e. The molecular formula is C20H30O3. The Morgan fingerprint density at radius 3 is 2.78 bits per heavy atom. The number of carbonyl (C=O) groups excluding carboxylic acids is 1. The number of carbonyl (C=O) groups is 1. The molecule has 3 aliphatic rings. The molecule has 2 fully saturated rings. The molecular weight excluding hydrogens is 288 g/mol. The van der Waals surface area contributed by atoms with Gasteiger partial charge in [-0.1, -0.05) is 39.8 Å². The first-order valence-corrected chi connectivity index (χ1v) is 9.10. The lowest BCUT2D eigenvalue weighted by Crippen LogP contribution is -2.46. The van der Waals surface area contributed by atoms with E-state index in [1.165, 1.54) is 0 Å². The summed E-state index contributed by atoms with van der Waals surface area (Å²) in [4.78, 5) is 11.7. The van der Waals surface area contributed by atoms with Crippen LogP contribution in [0, 0.1) is 29.1 Å². The minimum absolute atomic E-state index is 0.160. The Kier molecular flexibility index (Phi) is 4.20. The number of allylic oxidation sites excluding steroid dienone is 2. The number of esters is 1. The van der Waals surface area contributed by atoms with Gasteiger partial charge in [0.05, 0.1) is 0 Å². The molecule has 0 aromatic carbocycles.